The number of methoxy groups -OCH3 is 1. The van der Waals surface area contributed by atoms with Crippen LogP contribution in [0.4, 0.5) is 10.5 Å². The molecule has 0 bridgehead atoms. The first-order chi connectivity index (χ1) is 25.3. The molecule has 3 amide bonds. The number of carbonyl (C=O) groups excluding carboxylic acids is 3. The number of hydrogen-bond acceptors (Lipinski definition) is 6. The van der Waals surface area contributed by atoms with Gasteiger partial charge in [0.2, 0.25) is 11.8 Å². The van der Waals surface area contributed by atoms with E-state index < -0.39 is 12.1 Å². The van der Waals surface area contributed by atoms with E-state index in [4.69, 9.17) is 9.72 Å². The van der Waals surface area contributed by atoms with Crippen molar-refractivity contribution in [2.45, 2.75) is 70.5 Å². The van der Waals surface area contributed by atoms with Crippen LogP contribution in [0, 0.1) is 5.92 Å². The van der Waals surface area contributed by atoms with Crippen molar-refractivity contribution < 1.29 is 19.1 Å². The van der Waals surface area contributed by atoms with Crippen LogP contribution in [0.1, 0.15) is 74.4 Å². The molecule has 266 valence electrons. The number of anilines is 1. The fraction of sp³-hybridized carbons (Fsp3) is 0.341. The molecule has 52 heavy (non-hydrogen) atoms. The molecule has 3 N–H and O–H groups in total. The lowest BCUT2D eigenvalue weighted by Gasteiger charge is -2.30. The summed E-state index contributed by atoms with van der Waals surface area (Å²) in [6.07, 6.45) is 7.86. The van der Waals surface area contributed by atoms with Crippen molar-refractivity contribution in [3.8, 4) is 33.6 Å². The van der Waals surface area contributed by atoms with E-state index in [1.54, 1.807) is 0 Å². The van der Waals surface area contributed by atoms with E-state index in [2.05, 4.69) is 87.0 Å². The second-order valence-corrected chi connectivity index (χ2v) is 14.3. The molecule has 1 saturated heterocycles. The molecular formula is C41H43N7O4. The molecule has 3 atom stereocenters. The number of hydrogen-bond donors (Lipinski definition) is 3. The number of para-hydroxylation sites is 1. The van der Waals surface area contributed by atoms with Crippen LogP contribution in [-0.2, 0) is 27.2 Å². The average Bonchev–Trinajstić information content (AvgIpc) is 3.98. The van der Waals surface area contributed by atoms with Crippen LogP contribution in [0.3, 0.4) is 0 Å². The van der Waals surface area contributed by atoms with E-state index >= 15 is 0 Å². The molecule has 1 fully saturated rings. The van der Waals surface area contributed by atoms with Gasteiger partial charge in [-0.15, -0.1) is 0 Å². The van der Waals surface area contributed by atoms with Gasteiger partial charge in [-0.2, -0.15) is 0 Å². The van der Waals surface area contributed by atoms with Crippen molar-refractivity contribution >= 4 is 23.6 Å². The Kier molecular flexibility index (Phi) is 8.86. The number of H-pyrrole nitrogens is 2. The number of nitrogens with one attached hydrogen (secondary N) is 3. The van der Waals surface area contributed by atoms with E-state index in [0.29, 0.717) is 13.0 Å². The average molecular weight is 698 g/mol. The smallest absolute Gasteiger partial charge is 0.407 e. The maximum absolute atomic E-state index is 13.5. The molecule has 8 rings (SSSR count). The molecule has 0 saturated carbocycles. The number of imidazole rings is 2. The van der Waals surface area contributed by atoms with Gasteiger partial charge in [0.1, 0.15) is 17.7 Å². The van der Waals surface area contributed by atoms with Gasteiger partial charge in [0.25, 0.3) is 0 Å². The first kappa shape index (κ1) is 33.4. The highest BCUT2D eigenvalue weighted by molar-refractivity contribution is 5.98. The third-order valence-electron chi connectivity index (χ3n) is 10.7. The second kappa shape index (κ2) is 13.8. The summed E-state index contributed by atoms with van der Waals surface area (Å²) >= 11 is 0. The van der Waals surface area contributed by atoms with Gasteiger partial charge in [-0.3, -0.25) is 9.59 Å². The molecule has 3 aromatic carbocycles. The summed E-state index contributed by atoms with van der Waals surface area (Å²) in [6, 6.07) is 22.2. The van der Waals surface area contributed by atoms with Crippen molar-refractivity contribution in [3.05, 3.63) is 102 Å². The lowest BCUT2D eigenvalue weighted by Crippen LogP contribution is -2.51. The number of benzene rings is 3. The van der Waals surface area contributed by atoms with Gasteiger partial charge >= 0.3 is 6.09 Å². The van der Waals surface area contributed by atoms with Gasteiger partial charge < -0.3 is 29.8 Å². The zero-order valence-electron chi connectivity index (χ0n) is 29.7. The number of carbonyl (C=O) groups is 3. The lowest BCUT2D eigenvalue weighted by atomic mass is 10.0. The normalized spacial score (nSPS) is 18.7. The minimum Gasteiger partial charge on any atom is -0.453 e. The molecule has 3 aliphatic heterocycles. The van der Waals surface area contributed by atoms with Crippen LogP contribution in [0.15, 0.2) is 79.1 Å². The predicted octanol–water partition coefficient (Wildman–Crippen LogP) is 7.14. The van der Waals surface area contributed by atoms with Crippen molar-refractivity contribution in [1.82, 2.24) is 30.2 Å². The number of rotatable bonds is 8. The van der Waals surface area contributed by atoms with Gasteiger partial charge in [0.05, 0.1) is 48.7 Å². The minimum atomic E-state index is -0.675. The predicted molar refractivity (Wildman–Crippen MR) is 198 cm³/mol. The summed E-state index contributed by atoms with van der Waals surface area (Å²) in [5, 5.41) is 2.70. The van der Waals surface area contributed by atoms with Gasteiger partial charge in [-0.25, -0.2) is 14.8 Å². The first-order valence-corrected chi connectivity index (χ1v) is 18.2. The number of aromatic amines is 2. The van der Waals surface area contributed by atoms with Crippen LogP contribution in [0.5, 0.6) is 0 Å². The Morgan fingerprint density at radius 1 is 0.808 bits per heavy atom. The fourth-order valence-corrected chi connectivity index (χ4v) is 8.03. The van der Waals surface area contributed by atoms with Crippen LogP contribution >= 0.6 is 0 Å². The first-order valence-electron chi connectivity index (χ1n) is 18.2. The number of aromatic nitrogens is 4. The highest BCUT2D eigenvalue weighted by atomic mass is 16.5. The molecule has 0 unspecified atom stereocenters. The van der Waals surface area contributed by atoms with Crippen molar-refractivity contribution in [3.63, 3.8) is 0 Å². The number of nitrogens with zero attached hydrogens (tertiary/aromatic N) is 4. The van der Waals surface area contributed by atoms with E-state index in [1.807, 2.05) is 36.0 Å². The van der Waals surface area contributed by atoms with Crippen LogP contribution in [0.2, 0.25) is 0 Å². The van der Waals surface area contributed by atoms with Gasteiger partial charge in [-0.05, 0) is 65.0 Å². The molecule has 11 heteroatoms. The molecule has 5 heterocycles. The Bertz CT molecular complexity index is 2120. The monoisotopic (exact) mass is 697 g/mol. The summed E-state index contributed by atoms with van der Waals surface area (Å²) < 4.78 is 4.76. The number of alkyl carbamates (subject to hydrolysis) is 1. The quantitative estimate of drug-likeness (QED) is 0.158. The summed E-state index contributed by atoms with van der Waals surface area (Å²) in [7, 11) is 1.30. The molecule has 0 radical (unpaired) electrons. The zero-order valence-corrected chi connectivity index (χ0v) is 29.7. The van der Waals surface area contributed by atoms with Gasteiger partial charge in [-0.1, -0.05) is 80.6 Å². The summed E-state index contributed by atoms with van der Waals surface area (Å²) in [4.78, 5) is 58.9. The summed E-state index contributed by atoms with van der Waals surface area (Å²) in [5.41, 5.74) is 9.58. The van der Waals surface area contributed by atoms with E-state index in [0.717, 1.165) is 83.1 Å². The Balaban J connectivity index is 0.945. The molecule has 11 nitrogen and oxygen atoms in total. The van der Waals surface area contributed by atoms with Gasteiger partial charge in [0, 0.05) is 19.4 Å². The molecule has 0 aliphatic carbocycles. The van der Waals surface area contributed by atoms with E-state index in [-0.39, 0.29) is 29.8 Å². The molecule has 3 aliphatic rings. The Morgan fingerprint density at radius 3 is 2.02 bits per heavy atom. The van der Waals surface area contributed by atoms with Crippen molar-refractivity contribution in [2.75, 3.05) is 18.6 Å². The Morgan fingerprint density at radius 2 is 1.40 bits per heavy atom. The van der Waals surface area contributed by atoms with Crippen molar-refractivity contribution in [1.29, 1.82) is 0 Å². The number of ether oxygens (including phenoxy) is 1. The third kappa shape index (κ3) is 6.14. The van der Waals surface area contributed by atoms with Crippen LogP contribution in [0.25, 0.3) is 33.6 Å². The Labute approximate surface area is 302 Å². The summed E-state index contributed by atoms with van der Waals surface area (Å²) in [5.74, 6) is 1.51. The largest absolute Gasteiger partial charge is 0.453 e. The number of aryl methyl sites for hydroxylation is 1. The third-order valence-corrected chi connectivity index (χ3v) is 10.7. The number of amides is 3. The lowest BCUT2D eigenvalue weighted by molar-refractivity contribution is -0.135. The maximum Gasteiger partial charge on any atom is 0.407 e. The topological polar surface area (TPSA) is 136 Å². The molecule has 0 spiro atoms. The maximum atomic E-state index is 13.5. The van der Waals surface area contributed by atoms with Crippen molar-refractivity contribution in [2.24, 2.45) is 5.92 Å². The Hall–Kier alpha value is -5.71. The second-order valence-electron chi connectivity index (χ2n) is 14.3. The molecule has 2 aromatic heterocycles. The fourth-order valence-electron chi connectivity index (χ4n) is 8.03. The minimum absolute atomic E-state index is 0.0927. The van der Waals surface area contributed by atoms with Gasteiger partial charge in [0.15, 0.2) is 0 Å². The standard InChI is InChI=1S/C41H43N7O4/c1-24(2)36(46-41(51)52-3)40(50)47-20-6-10-33(47)38-42-22-31(44-38)27-16-12-25(13-17-27)26-14-18-28(19-15-26)32-23-43-39(45-32)34-21-30-9-4-7-29-8-5-11-35(49)48(34)37(29)30/h4,7,9,12-19,22-24,33-34,36H,5-6,8,10-11,20-21H2,1-3H3,(H,42,44)(H,43,45)(H,46,51)/t33-,34-,36-/m0/s1. The highest BCUT2D eigenvalue weighted by Gasteiger charge is 2.39. The van der Waals surface area contributed by atoms with E-state index in [1.165, 1.54) is 18.2 Å². The van der Waals surface area contributed by atoms with Crippen LogP contribution in [-0.4, -0.2) is 62.4 Å². The van der Waals surface area contributed by atoms with Crippen LogP contribution < -0.4 is 10.2 Å². The summed E-state index contributed by atoms with van der Waals surface area (Å²) in [6.45, 7) is 4.42. The zero-order chi connectivity index (χ0) is 35.9. The van der Waals surface area contributed by atoms with E-state index in [9.17, 15) is 14.4 Å². The number of likely N-dealkylation sites (tertiary alicyclic amines) is 1. The molecule has 5 aromatic rings. The molecular weight excluding hydrogens is 654 g/mol. The highest BCUT2D eigenvalue weighted by Crippen LogP contribution is 2.44. The SMILES string of the molecule is COC(=O)N[C@H](C(=O)N1CCC[C@H]1c1ncc(-c2ccc(-c3ccc(-c4cnc([C@@H]5Cc6cccc7c6N5C(=O)CCC7)[nH]4)cc3)cc2)[nH]1)C(C)C.